The van der Waals surface area contributed by atoms with E-state index in [4.69, 9.17) is 9.47 Å². The normalized spacial score (nSPS) is 32.3. The zero-order valence-electron chi connectivity index (χ0n) is 12.0. The van der Waals surface area contributed by atoms with Crippen LogP contribution in [0.1, 0.15) is 6.04 Å². The maximum Gasteiger partial charge on any atom is 0.194 e. The van der Waals surface area contributed by atoms with Crippen LogP contribution in [0.25, 0.3) is 11.3 Å². The van der Waals surface area contributed by atoms with Gasteiger partial charge >= 0.3 is 0 Å². The average molecular weight is 343 g/mol. The van der Waals surface area contributed by atoms with E-state index in [1.807, 2.05) is 0 Å². The highest BCUT2D eigenvalue weighted by molar-refractivity contribution is 5.57. The first kappa shape index (κ1) is 15.5. The molecule has 2 N–H and O–H groups in total. The van der Waals surface area contributed by atoms with Gasteiger partial charge in [-0.3, -0.25) is 0 Å². The van der Waals surface area contributed by atoms with Gasteiger partial charge in [-0.15, -0.1) is 5.10 Å². The van der Waals surface area contributed by atoms with E-state index in [1.165, 1.54) is 10.9 Å². The van der Waals surface area contributed by atoms with E-state index < -0.39 is 48.1 Å². The number of halogens is 3. The summed E-state index contributed by atoms with van der Waals surface area (Å²) in [6.45, 7) is 0.134. The lowest BCUT2D eigenvalue weighted by Gasteiger charge is -2.35. The highest BCUT2D eigenvalue weighted by Gasteiger charge is 2.50. The smallest absolute Gasteiger partial charge is 0.194 e. The van der Waals surface area contributed by atoms with Crippen LogP contribution in [0.5, 0.6) is 0 Å². The van der Waals surface area contributed by atoms with E-state index in [1.54, 1.807) is 0 Å². The minimum Gasteiger partial charge on any atom is -0.388 e. The molecule has 10 heteroatoms. The van der Waals surface area contributed by atoms with E-state index >= 15 is 0 Å². The molecule has 2 bridgehead atoms. The third kappa shape index (κ3) is 2.30. The molecule has 0 radical (unpaired) electrons. The lowest BCUT2D eigenvalue weighted by atomic mass is 9.98. The Hall–Kier alpha value is -2.01. The second-order valence-corrected chi connectivity index (χ2v) is 5.69. The monoisotopic (exact) mass is 343 g/mol. The molecule has 128 valence electrons. The minimum atomic E-state index is -1.57. The summed E-state index contributed by atoms with van der Waals surface area (Å²) in [6.07, 6.45) is -2.51. The number of benzene rings is 1. The van der Waals surface area contributed by atoms with Crippen molar-refractivity contribution >= 4 is 0 Å². The Morgan fingerprint density at radius 1 is 1.12 bits per heavy atom. The van der Waals surface area contributed by atoms with E-state index in [9.17, 15) is 23.4 Å². The highest BCUT2D eigenvalue weighted by Crippen LogP contribution is 2.35. The number of fused-ring (bicyclic) bond motifs is 2. The molecule has 1 aromatic carbocycles. The van der Waals surface area contributed by atoms with Crippen LogP contribution in [0, 0.1) is 17.5 Å². The number of nitrogens with zero attached hydrogens (tertiary/aromatic N) is 3. The van der Waals surface area contributed by atoms with E-state index in [0.717, 1.165) is 12.1 Å². The largest absolute Gasteiger partial charge is 0.388 e. The summed E-state index contributed by atoms with van der Waals surface area (Å²) in [5, 5.41) is 28.0. The van der Waals surface area contributed by atoms with Gasteiger partial charge < -0.3 is 19.7 Å². The zero-order valence-corrected chi connectivity index (χ0v) is 12.0. The molecule has 3 heterocycles. The maximum atomic E-state index is 13.3. The standard InChI is InChI=1S/C14H12F3N3O4/c15-6-1-5(2-7(16)10(6)17)8-3-20(19-18-8)11-12(21)9-4-23-14(24-9)13(11)22/h1-3,9,11-14,21-22H,4H2/t9?,11?,12-,13?,14+/m0/s1. The summed E-state index contributed by atoms with van der Waals surface area (Å²) >= 11 is 0. The molecule has 0 saturated carbocycles. The number of aliphatic hydroxyl groups is 2. The second-order valence-electron chi connectivity index (χ2n) is 5.69. The summed E-state index contributed by atoms with van der Waals surface area (Å²) in [4.78, 5) is 0. The number of aromatic nitrogens is 3. The molecule has 0 spiro atoms. The van der Waals surface area contributed by atoms with Crippen molar-refractivity contribution in [2.45, 2.75) is 30.6 Å². The molecule has 0 aliphatic carbocycles. The van der Waals surface area contributed by atoms with E-state index in [2.05, 4.69) is 10.3 Å². The van der Waals surface area contributed by atoms with Gasteiger partial charge in [0.25, 0.3) is 0 Å². The summed E-state index contributed by atoms with van der Waals surface area (Å²) in [5.41, 5.74) is 0.0415. The Balaban J connectivity index is 1.68. The Labute approximate surface area is 133 Å². The summed E-state index contributed by atoms with van der Waals surface area (Å²) in [6, 6.07) is 0.681. The van der Waals surface area contributed by atoms with Crippen molar-refractivity contribution in [2.24, 2.45) is 0 Å². The molecule has 2 saturated heterocycles. The van der Waals surface area contributed by atoms with Crippen LogP contribution in [-0.4, -0.2) is 56.4 Å². The number of rotatable bonds is 2. The molecule has 2 aliphatic rings. The van der Waals surface area contributed by atoms with Crippen LogP contribution in [0.4, 0.5) is 13.2 Å². The fourth-order valence-corrected chi connectivity index (χ4v) is 2.95. The Morgan fingerprint density at radius 2 is 1.83 bits per heavy atom. The van der Waals surface area contributed by atoms with E-state index in [0.29, 0.717) is 0 Å². The molecule has 7 nitrogen and oxygen atoms in total. The first-order valence-electron chi connectivity index (χ1n) is 7.15. The van der Waals surface area contributed by atoms with Gasteiger partial charge in [0.05, 0.1) is 12.8 Å². The molecular weight excluding hydrogens is 331 g/mol. The molecule has 4 rings (SSSR count). The van der Waals surface area contributed by atoms with Crippen LogP contribution in [0.2, 0.25) is 0 Å². The second kappa shape index (κ2) is 5.52. The zero-order chi connectivity index (χ0) is 17.0. The van der Waals surface area contributed by atoms with Crippen molar-refractivity contribution in [2.75, 3.05) is 6.61 Å². The lowest BCUT2D eigenvalue weighted by molar-refractivity contribution is -0.205. The molecule has 2 aliphatic heterocycles. The quantitative estimate of drug-likeness (QED) is 0.767. The SMILES string of the molecule is OC1C(n2cc(-c3cc(F)c(F)c(F)c3)nn2)[C@@H](O)C2CO[C@@H]1O2. The van der Waals surface area contributed by atoms with Crippen molar-refractivity contribution in [1.82, 2.24) is 15.0 Å². The topological polar surface area (TPSA) is 89.6 Å². The molecule has 2 fully saturated rings. The first-order valence-corrected chi connectivity index (χ1v) is 7.15. The molecule has 3 unspecified atom stereocenters. The third-order valence-corrected chi connectivity index (χ3v) is 4.19. The van der Waals surface area contributed by atoms with E-state index in [-0.39, 0.29) is 17.9 Å². The molecule has 24 heavy (non-hydrogen) atoms. The van der Waals surface area contributed by atoms with Crippen LogP contribution < -0.4 is 0 Å². The molecule has 2 aromatic rings. The fourth-order valence-electron chi connectivity index (χ4n) is 2.95. The number of hydrogen-bond acceptors (Lipinski definition) is 6. The Bertz CT molecular complexity index is 747. The maximum absolute atomic E-state index is 13.3. The van der Waals surface area contributed by atoms with Gasteiger partial charge in [0.15, 0.2) is 23.7 Å². The molecule has 5 atom stereocenters. The predicted octanol–water partition coefficient (Wildman–Crippen LogP) is 0.380. The average Bonchev–Trinajstić information content (AvgIpc) is 3.19. The Kier molecular flexibility index (Phi) is 3.57. The van der Waals surface area contributed by atoms with Gasteiger partial charge in [-0.05, 0) is 12.1 Å². The lowest BCUT2D eigenvalue weighted by Crippen LogP contribution is -2.51. The van der Waals surface area contributed by atoms with Crippen molar-refractivity contribution in [3.63, 3.8) is 0 Å². The van der Waals surface area contributed by atoms with Gasteiger partial charge in [-0.2, -0.15) is 0 Å². The third-order valence-electron chi connectivity index (χ3n) is 4.19. The van der Waals surface area contributed by atoms with Gasteiger partial charge in [-0.1, -0.05) is 5.21 Å². The molecular formula is C14H12F3N3O4. The van der Waals surface area contributed by atoms with Gasteiger partial charge in [0.2, 0.25) is 0 Å². The van der Waals surface area contributed by atoms with Crippen molar-refractivity contribution in [1.29, 1.82) is 0 Å². The summed E-state index contributed by atoms with van der Waals surface area (Å²) in [5.74, 6) is -4.27. The molecule has 0 amide bonds. The van der Waals surface area contributed by atoms with Crippen LogP contribution in [0.15, 0.2) is 18.3 Å². The fraction of sp³-hybridized carbons (Fsp3) is 0.429. The summed E-state index contributed by atoms with van der Waals surface area (Å²) in [7, 11) is 0. The van der Waals surface area contributed by atoms with Crippen LogP contribution in [-0.2, 0) is 9.47 Å². The number of hydrogen-bond donors (Lipinski definition) is 2. The van der Waals surface area contributed by atoms with Crippen LogP contribution in [0.3, 0.4) is 0 Å². The van der Waals surface area contributed by atoms with Crippen molar-refractivity contribution in [3.8, 4) is 11.3 Å². The van der Waals surface area contributed by atoms with Gasteiger partial charge in [0.1, 0.15) is 30.0 Å². The Morgan fingerprint density at radius 3 is 2.54 bits per heavy atom. The van der Waals surface area contributed by atoms with Gasteiger partial charge in [-0.25, -0.2) is 17.9 Å². The predicted molar refractivity (Wildman–Crippen MR) is 71.0 cm³/mol. The number of ether oxygens (including phenoxy) is 2. The first-order chi connectivity index (χ1) is 11.5. The van der Waals surface area contributed by atoms with Crippen molar-refractivity contribution in [3.05, 3.63) is 35.8 Å². The van der Waals surface area contributed by atoms with Crippen molar-refractivity contribution < 1.29 is 32.9 Å². The highest BCUT2D eigenvalue weighted by atomic mass is 19.2. The minimum absolute atomic E-state index is 0.0205. The van der Waals surface area contributed by atoms with Gasteiger partial charge in [0, 0.05) is 5.56 Å². The number of aliphatic hydroxyl groups excluding tert-OH is 2. The van der Waals surface area contributed by atoms with Crippen LogP contribution >= 0.6 is 0 Å². The summed E-state index contributed by atoms with van der Waals surface area (Å²) < 4.78 is 51.4. The molecule has 1 aromatic heterocycles.